The average molecular weight is 299 g/mol. The molecule has 0 aliphatic carbocycles. The van der Waals surface area contributed by atoms with Gasteiger partial charge >= 0.3 is 0 Å². The van der Waals surface area contributed by atoms with Gasteiger partial charge in [0.15, 0.2) is 0 Å². The van der Waals surface area contributed by atoms with E-state index in [1.165, 1.54) is 18.4 Å². The Morgan fingerprint density at radius 2 is 1.95 bits per heavy atom. The van der Waals surface area contributed by atoms with E-state index in [1.54, 1.807) is 26.0 Å². The minimum absolute atomic E-state index is 0.243. The van der Waals surface area contributed by atoms with Gasteiger partial charge < -0.3 is 5.32 Å². The first-order valence-electron chi connectivity index (χ1n) is 5.43. The number of carbonyl (C=O) groups is 1. The van der Waals surface area contributed by atoms with E-state index < -0.39 is 0 Å². The Balaban J connectivity index is 4.58. The van der Waals surface area contributed by atoms with E-state index in [0.717, 1.165) is 0 Å². The minimum Gasteiger partial charge on any atom is -0.324 e. The quantitative estimate of drug-likeness (QED) is 0.449. The maximum absolute atomic E-state index is 11.7. The molecule has 19 heavy (non-hydrogen) atoms. The van der Waals surface area contributed by atoms with E-state index >= 15 is 0 Å². The number of rotatable bonds is 6. The molecule has 0 rings (SSSR count). The molecule has 0 aromatic rings. The summed E-state index contributed by atoms with van der Waals surface area (Å²) in [6.45, 7) is 10.6. The van der Waals surface area contributed by atoms with Gasteiger partial charge in [-0.05, 0) is 32.1 Å². The Hall–Kier alpha value is -1.58. The van der Waals surface area contributed by atoms with Crippen molar-refractivity contribution in [1.29, 1.82) is 0 Å². The van der Waals surface area contributed by atoms with Gasteiger partial charge in [-0.1, -0.05) is 42.4 Å². The molecule has 0 fully saturated rings. The molecule has 102 valence electrons. The zero-order chi connectivity index (χ0) is 14.8. The summed E-state index contributed by atoms with van der Waals surface area (Å²) in [4.78, 5) is 15.6. The third-order valence-electron chi connectivity index (χ3n) is 1.87. The van der Waals surface area contributed by atoms with Crippen molar-refractivity contribution >= 4 is 34.3 Å². The molecule has 0 radical (unpaired) electrons. The van der Waals surface area contributed by atoms with Crippen LogP contribution in [0.15, 0.2) is 65.0 Å². The molecule has 0 aromatic heterocycles. The Bertz CT molecular complexity index is 486. The van der Waals surface area contributed by atoms with Crippen LogP contribution in [-0.2, 0) is 4.79 Å². The van der Waals surface area contributed by atoms with Gasteiger partial charge in [0.1, 0.15) is 5.17 Å². The molecule has 1 amide bonds. The summed E-state index contributed by atoms with van der Waals surface area (Å²) in [7, 11) is 0. The van der Waals surface area contributed by atoms with Crippen molar-refractivity contribution in [2.24, 2.45) is 4.99 Å². The summed E-state index contributed by atoms with van der Waals surface area (Å²) in [6, 6.07) is 0. The van der Waals surface area contributed by atoms with Crippen molar-refractivity contribution in [3.05, 3.63) is 60.0 Å². The molecule has 0 atom stereocenters. The summed E-state index contributed by atoms with van der Waals surface area (Å²) in [5, 5.41) is 3.38. The van der Waals surface area contributed by atoms with Crippen molar-refractivity contribution in [3.8, 4) is 0 Å². The number of nitrogens with one attached hydrogen (secondary N) is 1. The van der Waals surface area contributed by atoms with Crippen LogP contribution >= 0.6 is 23.2 Å². The highest BCUT2D eigenvalue weighted by atomic mass is 35.5. The van der Waals surface area contributed by atoms with Crippen LogP contribution in [0.2, 0.25) is 0 Å². The van der Waals surface area contributed by atoms with E-state index in [2.05, 4.69) is 23.5 Å². The topological polar surface area (TPSA) is 41.5 Å². The van der Waals surface area contributed by atoms with Gasteiger partial charge in [0.05, 0.1) is 0 Å². The van der Waals surface area contributed by atoms with Crippen molar-refractivity contribution in [2.45, 2.75) is 13.8 Å². The fourth-order valence-electron chi connectivity index (χ4n) is 0.855. The van der Waals surface area contributed by atoms with Crippen molar-refractivity contribution in [3.63, 3.8) is 0 Å². The molecule has 5 heteroatoms. The number of carbonyl (C=O) groups excluding carboxylic acids is 1. The van der Waals surface area contributed by atoms with E-state index in [4.69, 9.17) is 23.2 Å². The normalized spacial score (nSPS) is 13.6. The summed E-state index contributed by atoms with van der Waals surface area (Å²) in [6.07, 6.45) is 7.66. The predicted octanol–water partition coefficient (Wildman–Crippen LogP) is 4.04. The molecule has 0 spiro atoms. The number of amides is 1. The van der Waals surface area contributed by atoms with Crippen LogP contribution in [0.1, 0.15) is 13.8 Å². The molecule has 3 nitrogen and oxygen atoms in total. The van der Waals surface area contributed by atoms with Gasteiger partial charge in [0, 0.05) is 22.5 Å². The van der Waals surface area contributed by atoms with Gasteiger partial charge in [0.2, 0.25) is 0 Å². The first-order valence-corrected chi connectivity index (χ1v) is 6.19. The molecule has 0 saturated carbocycles. The third kappa shape index (κ3) is 8.19. The van der Waals surface area contributed by atoms with Gasteiger partial charge in [-0.15, -0.1) is 0 Å². The van der Waals surface area contributed by atoms with E-state index in [9.17, 15) is 4.79 Å². The highest BCUT2D eigenvalue weighted by molar-refractivity contribution is 6.68. The highest BCUT2D eigenvalue weighted by Crippen LogP contribution is 2.05. The standard InChI is InChI=1S/C14H16Cl2N2O/c1-5-12(15)8-7-10(3)14(19)18-11(4)9-17-13(16)6-2/h5-9H,2-3H2,1,4H3,(H,18,19)/b8-7-,11-9+,12-5+,17-13+. The predicted molar refractivity (Wildman–Crippen MR) is 83.3 cm³/mol. The lowest BCUT2D eigenvalue weighted by Gasteiger charge is -2.03. The summed E-state index contributed by atoms with van der Waals surface area (Å²) >= 11 is 11.4. The molecule has 0 heterocycles. The Labute approximate surface area is 123 Å². The minimum atomic E-state index is -0.338. The zero-order valence-electron chi connectivity index (χ0n) is 10.9. The summed E-state index contributed by atoms with van der Waals surface area (Å²) in [5.74, 6) is -0.338. The maximum Gasteiger partial charge on any atom is 0.254 e. The third-order valence-corrected chi connectivity index (χ3v) is 2.47. The lowest BCUT2D eigenvalue weighted by atomic mass is 10.2. The molecular formula is C14H16Cl2N2O. The first-order chi connectivity index (χ1) is 8.90. The Kier molecular flexibility index (Phi) is 8.58. The molecule has 0 saturated heterocycles. The summed E-state index contributed by atoms with van der Waals surface area (Å²) in [5.41, 5.74) is 0.822. The van der Waals surface area contributed by atoms with Gasteiger partial charge in [-0.25, -0.2) is 4.99 Å². The molecule has 0 aromatic carbocycles. The smallest absolute Gasteiger partial charge is 0.254 e. The van der Waals surface area contributed by atoms with Crippen molar-refractivity contribution in [1.82, 2.24) is 5.32 Å². The van der Waals surface area contributed by atoms with Gasteiger partial charge in [-0.2, -0.15) is 0 Å². The fourth-order valence-corrected chi connectivity index (χ4v) is 0.967. The number of hydrogen-bond donors (Lipinski definition) is 1. The Morgan fingerprint density at radius 1 is 1.32 bits per heavy atom. The van der Waals surface area contributed by atoms with Crippen LogP contribution in [0.5, 0.6) is 0 Å². The molecular weight excluding hydrogens is 283 g/mol. The molecule has 0 bridgehead atoms. The first kappa shape index (κ1) is 17.4. The van der Waals surface area contributed by atoms with E-state index in [1.807, 2.05) is 0 Å². The molecule has 0 unspecified atom stereocenters. The second kappa shape index (κ2) is 9.36. The van der Waals surface area contributed by atoms with Crippen LogP contribution in [0.4, 0.5) is 0 Å². The molecule has 1 N–H and O–H groups in total. The maximum atomic E-state index is 11.7. The SMILES string of the molecule is C=C/C(Cl)=N\C=C(/C)NC(=O)C(=C)/C=C\C(Cl)=C/C. The van der Waals surface area contributed by atoms with E-state index in [0.29, 0.717) is 10.7 Å². The van der Waals surface area contributed by atoms with Crippen LogP contribution in [0, 0.1) is 0 Å². The number of hydrogen-bond acceptors (Lipinski definition) is 2. The number of allylic oxidation sites excluding steroid dienone is 5. The highest BCUT2D eigenvalue weighted by Gasteiger charge is 2.03. The second-order valence-corrected chi connectivity index (χ2v) is 4.28. The summed E-state index contributed by atoms with van der Waals surface area (Å²) < 4.78 is 0. The van der Waals surface area contributed by atoms with E-state index in [-0.39, 0.29) is 16.7 Å². The lowest BCUT2D eigenvalue weighted by Crippen LogP contribution is -2.21. The van der Waals surface area contributed by atoms with Gasteiger partial charge in [-0.3, -0.25) is 4.79 Å². The second-order valence-electron chi connectivity index (χ2n) is 3.45. The largest absolute Gasteiger partial charge is 0.324 e. The number of nitrogens with zero attached hydrogens (tertiary/aromatic N) is 1. The monoisotopic (exact) mass is 298 g/mol. The van der Waals surface area contributed by atoms with Crippen LogP contribution in [-0.4, -0.2) is 11.1 Å². The number of halogens is 2. The average Bonchev–Trinajstić information content (AvgIpc) is 2.41. The van der Waals surface area contributed by atoms with Crippen molar-refractivity contribution < 1.29 is 4.79 Å². The zero-order valence-corrected chi connectivity index (χ0v) is 12.4. The Morgan fingerprint density at radius 3 is 2.47 bits per heavy atom. The van der Waals surface area contributed by atoms with Crippen LogP contribution < -0.4 is 5.32 Å². The fraction of sp³-hybridized carbons (Fsp3) is 0.143. The van der Waals surface area contributed by atoms with Crippen LogP contribution in [0.3, 0.4) is 0 Å². The van der Waals surface area contributed by atoms with Gasteiger partial charge in [0.25, 0.3) is 5.91 Å². The molecule has 0 aliphatic rings. The lowest BCUT2D eigenvalue weighted by molar-refractivity contribution is -0.116. The molecule has 0 aliphatic heterocycles. The van der Waals surface area contributed by atoms with Crippen molar-refractivity contribution in [2.75, 3.05) is 0 Å². The number of aliphatic imine (C=N–C) groups is 1. The van der Waals surface area contributed by atoms with Crippen LogP contribution in [0.25, 0.3) is 0 Å².